The van der Waals surface area contributed by atoms with E-state index in [0.29, 0.717) is 11.8 Å². The molecule has 1 saturated heterocycles. The van der Waals surface area contributed by atoms with Gasteiger partial charge in [0.15, 0.2) is 0 Å². The van der Waals surface area contributed by atoms with Crippen LogP contribution in [0.1, 0.15) is 34.4 Å². The third kappa shape index (κ3) is 2.33. The SMILES string of the molecule is Cc1ccc(C2CNCCC2c2nccs2)cc1. The van der Waals surface area contributed by atoms with Gasteiger partial charge in [0.05, 0.1) is 5.01 Å². The van der Waals surface area contributed by atoms with E-state index in [2.05, 4.69) is 46.9 Å². The van der Waals surface area contributed by atoms with Crippen LogP contribution >= 0.6 is 11.3 Å². The maximum Gasteiger partial charge on any atom is 0.0962 e. The van der Waals surface area contributed by atoms with Gasteiger partial charge in [0.25, 0.3) is 0 Å². The molecule has 1 N–H and O–H groups in total. The maximum absolute atomic E-state index is 4.52. The number of piperidine rings is 1. The van der Waals surface area contributed by atoms with Gasteiger partial charge in [-0.25, -0.2) is 4.98 Å². The lowest BCUT2D eigenvalue weighted by Gasteiger charge is -2.31. The normalized spacial score (nSPS) is 24.1. The van der Waals surface area contributed by atoms with Gasteiger partial charge in [-0.1, -0.05) is 29.8 Å². The Bertz CT molecular complexity index is 490. The molecule has 1 aliphatic rings. The van der Waals surface area contributed by atoms with E-state index in [-0.39, 0.29) is 0 Å². The molecular formula is C15H18N2S. The molecule has 3 heteroatoms. The van der Waals surface area contributed by atoms with Crippen molar-refractivity contribution >= 4 is 11.3 Å². The number of nitrogens with zero attached hydrogens (tertiary/aromatic N) is 1. The van der Waals surface area contributed by atoms with E-state index in [1.807, 2.05) is 6.20 Å². The molecule has 18 heavy (non-hydrogen) atoms. The van der Waals surface area contributed by atoms with Crippen LogP contribution in [0.25, 0.3) is 0 Å². The second-order valence-corrected chi connectivity index (χ2v) is 5.91. The Morgan fingerprint density at radius 3 is 2.78 bits per heavy atom. The van der Waals surface area contributed by atoms with Crippen molar-refractivity contribution in [3.05, 3.63) is 52.0 Å². The van der Waals surface area contributed by atoms with Crippen molar-refractivity contribution < 1.29 is 0 Å². The van der Waals surface area contributed by atoms with Gasteiger partial charge < -0.3 is 5.32 Å². The highest BCUT2D eigenvalue weighted by Gasteiger charge is 2.29. The molecule has 1 fully saturated rings. The Labute approximate surface area is 112 Å². The summed E-state index contributed by atoms with van der Waals surface area (Å²) in [6.45, 7) is 4.31. The quantitative estimate of drug-likeness (QED) is 0.894. The van der Waals surface area contributed by atoms with E-state index in [1.165, 1.54) is 22.6 Å². The highest BCUT2D eigenvalue weighted by molar-refractivity contribution is 7.09. The molecule has 2 aromatic rings. The molecule has 0 spiro atoms. The summed E-state index contributed by atoms with van der Waals surface area (Å²) in [6, 6.07) is 8.97. The minimum atomic E-state index is 0.561. The molecule has 2 heterocycles. The van der Waals surface area contributed by atoms with Crippen LogP contribution in [0.5, 0.6) is 0 Å². The van der Waals surface area contributed by atoms with Crippen molar-refractivity contribution in [2.75, 3.05) is 13.1 Å². The molecule has 1 aromatic heterocycles. The molecule has 0 bridgehead atoms. The first kappa shape index (κ1) is 11.9. The summed E-state index contributed by atoms with van der Waals surface area (Å²) in [5.41, 5.74) is 2.77. The monoisotopic (exact) mass is 258 g/mol. The van der Waals surface area contributed by atoms with Crippen LogP contribution in [0.2, 0.25) is 0 Å². The van der Waals surface area contributed by atoms with Gasteiger partial charge in [-0.05, 0) is 25.5 Å². The summed E-state index contributed by atoms with van der Waals surface area (Å²) in [7, 11) is 0. The van der Waals surface area contributed by atoms with Crippen molar-refractivity contribution in [1.29, 1.82) is 0 Å². The van der Waals surface area contributed by atoms with Gasteiger partial charge in [0.1, 0.15) is 0 Å². The fourth-order valence-electron chi connectivity index (χ4n) is 2.74. The highest BCUT2D eigenvalue weighted by Crippen LogP contribution is 2.38. The van der Waals surface area contributed by atoms with Crippen LogP contribution < -0.4 is 5.32 Å². The summed E-state index contributed by atoms with van der Waals surface area (Å²) >= 11 is 1.79. The van der Waals surface area contributed by atoms with Crippen molar-refractivity contribution in [2.45, 2.75) is 25.2 Å². The molecule has 0 aliphatic carbocycles. The van der Waals surface area contributed by atoms with Crippen molar-refractivity contribution in [1.82, 2.24) is 10.3 Å². The number of aryl methyl sites for hydroxylation is 1. The fourth-order valence-corrected chi connectivity index (χ4v) is 3.58. The number of thiazole rings is 1. The Balaban J connectivity index is 1.90. The number of benzene rings is 1. The Hall–Kier alpha value is -1.19. The maximum atomic E-state index is 4.52. The molecule has 2 nitrogen and oxygen atoms in total. The second-order valence-electron chi connectivity index (χ2n) is 4.99. The zero-order valence-electron chi connectivity index (χ0n) is 10.6. The van der Waals surface area contributed by atoms with Crippen molar-refractivity contribution in [3.8, 4) is 0 Å². The Morgan fingerprint density at radius 2 is 2.06 bits per heavy atom. The van der Waals surface area contributed by atoms with Gasteiger partial charge in [0.2, 0.25) is 0 Å². The van der Waals surface area contributed by atoms with E-state index in [9.17, 15) is 0 Å². The minimum Gasteiger partial charge on any atom is -0.316 e. The molecule has 1 aliphatic heterocycles. The Morgan fingerprint density at radius 1 is 1.22 bits per heavy atom. The zero-order chi connectivity index (χ0) is 12.4. The lowest BCUT2D eigenvalue weighted by Crippen LogP contribution is -2.33. The van der Waals surface area contributed by atoms with E-state index < -0.39 is 0 Å². The van der Waals surface area contributed by atoms with Crippen LogP contribution in [0.3, 0.4) is 0 Å². The topological polar surface area (TPSA) is 24.9 Å². The molecule has 1 aromatic carbocycles. The third-order valence-corrected chi connectivity index (χ3v) is 4.66. The van der Waals surface area contributed by atoms with E-state index >= 15 is 0 Å². The van der Waals surface area contributed by atoms with E-state index in [1.54, 1.807) is 11.3 Å². The molecule has 0 amide bonds. The lowest BCUT2D eigenvalue weighted by molar-refractivity contribution is 0.403. The van der Waals surface area contributed by atoms with Crippen LogP contribution in [0, 0.1) is 6.92 Å². The van der Waals surface area contributed by atoms with Crippen LogP contribution in [0.4, 0.5) is 0 Å². The number of nitrogens with one attached hydrogen (secondary N) is 1. The molecule has 0 saturated carbocycles. The van der Waals surface area contributed by atoms with Gasteiger partial charge >= 0.3 is 0 Å². The number of hydrogen-bond donors (Lipinski definition) is 1. The fraction of sp³-hybridized carbons (Fsp3) is 0.400. The Kier molecular flexibility index (Phi) is 3.43. The van der Waals surface area contributed by atoms with Crippen molar-refractivity contribution in [3.63, 3.8) is 0 Å². The van der Waals surface area contributed by atoms with E-state index in [4.69, 9.17) is 0 Å². The summed E-state index contributed by atoms with van der Waals surface area (Å²) in [5.74, 6) is 1.14. The largest absolute Gasteiger partial charge is 0.316 e. The summed E-state index contributed by atoms with van der Waals surface area (Å²) < 4.78 is 0. The highest BCUT2D eigenvalue weighted by atomic mass is 32.1. The molecule has 2 atom stereocenters. The molecule has 3 rings (SSSR count). The minimum absolute atomic E-state index is 0.561. The number of hydrogen-bond acceptors (Lipinski definition) is 3. The van der Waals surface area contributed by atoms with Crippen LogP contribution in [-0.4, -0.2) is 18.1 Å². The van der Waals surface area contributed by atoms with Crippen LogP contribution in [0.15, 0.2) is 35.8 Å². The number of rotatable bonds is 2. The predicted octanol–water partition coefficient (Wildman–Crippen LogP) is 3.31. The average molecular weight is 258 g/mol. The van der Waals surface area contributed by atoms with Crippen molar-refractivity contribution in [2.24, 2.45) is 0 Å². The smallest absolute Gasteiger partial charge is 0.0962 e. The first-order valence-corrected chi connectivity index (χ1v) is 7.39. The number of aromatic nitrogens is 1. The van der Waals surface area contributed by atoms with Crippen LogP contribution in [-0.2, 0) is 0 Å². The molecule has 94 valence electrons. The summed E-state index contributed by atoms with van der Waals surface area (Å²) in [4.78, 5) is 4.52. The predicted molar refractivity (Wildman–Crippen MR) is 76.3 cm³/mol. The molecule has 0 radical (unpaired) electrons. The zero-order valence-corrected chi connectivity index (χ0v) is 11.4. The van der Waals surface area contributed by atoms with Gasteiger partial charge in [-0.2, -0.15) is 0 Å². The summed E-state index contributed by atoms with van der Waals surface area (Å²) in [6.07, 6.45) is 3.11. The van der Waals surface area contributed by atoms with Gasteiger partial charge in [-0.3, -0.25) is 0 Å². The first-order valence-electron chi connectivity index (χ1n) is 6.51. The summed E-state index contributed by atoms with van der Waals surface area (Å²) in [5, 5.41) is 6.90. The lowest BCUT2D eigenvalue weighted by atomic mass is 9.81. The third-order valence-electron chi connectivity index (χ3n) is 3.76. The molecule has 2 unspecified atom stereocenters. The second kappa shape index (κ2) is 5.21. The van der Waals surface area contributed by atoms with Gasteiger partial charge in [-0.15, -0.1) is 11.3 Å². The molecular weight excluding hydrogens is 240 g/mol. The first-order chi connectivity index (χ1) is 8.84. The standard InChI is InChI=1S/C15H18N2S/c1-11-2-4-12(5-3-11)14-10-16-7-6-13(14)15-17-8-9-18-15/h2-5,8-9,13-14,16H,6-7,10H2,1H3. The van der Waals surface area contributed by atoms with Gasteiger partial charge in [0, 0.05) is 30.0 Å². The van der Waals surface area contributed by atoms with E-state index in [0.717, 1.165) is 13.1 Å². The average Bonchev–Trinajstić information content (AvgIpc) is 2.93.